The Hall–Kier alpha value is -1.96. The fourth-order valence-corrected chi connectivity index (χ4v) is 1.64. The molecular weight excluding hydrogens is 325 g/mol. The van der Waals surface area contributed by atoms with Crippen LogP contribution in [0.5, 0.6) is 0 Å². The minimum Gasteiger partial charge on any atom is -0.481 e. The molecule has 19 heavy (non-hydrogen) atoms. The molecule has 0 aliphatic carbocycles. The first-order valence-corrected chi connectivity index (χ1v) is 5.81. The molecule has 3 N–H and O–H groups in total. The Bertz CT molecular complexity index is 534. The number of halogens is 2. The molecule has 0 fully saturated rings. The molecule has 0 aliphatic rings. The molecule has 8 heteroatoms. The summed E-state index contributed by atoms with van der Waals surface area (Å²) in [6.07, 6.45) is -0.795. The monoisotopic (exact) mass is 333 g/mol. The molecule has 1 rings (SSSR count). The van der Waals surface area contributed by atoms with E-state index in [2.05, 4.69) is 15.9 Å². The van der Waals surface area contributed by atoms with Gasteiger partial charge in [-0.3, -0.25) is 9.59 Å². The molecule has 6 nitrogen and oxygen atoms in total. The Balaban J connectivity index is 2.90. The van der Waals surface area contributed by atoms with Crippen molar-refractivity contribution in [2.45, 2.75) is 12.5 Å². The van der Waals surface area contributed by atoms with E-state index in [9.17, 15) is 18.8 Å². The van der Waals surface area contributed by atoms with Crippen molar-refractivity contribution in [2.24, 2.45) is 0 Å². The molecule has 0 saturated carbocycles. The Morgan fingerprint density at radius 2 is 1.95 bits per heavy atom. The van der Waals surface area contributed by atoms with Gasteiger partial charge in [0, 0.05) is 4.47 Å². The fraction of sp³-hybridized carbons (Fsp3) is 0.182. The first-order chi connectivity index (χ1) is 8.81. The molecule has 0 bridgehead atoms. The summed E-state index contributed by atoms with van der Waals surface area (Å²) in [5, 5.41) is 19.2. The first-order valence-electron chi connectivity index (χ1n) is 5.01. The van der Waals surface area contributed by atoms with Gasteiger partial charge in [0.05, 0.1) is 12.0 Å². The van der Waals surface area contributed by atoms with Crippen LogP contribution < -0.4 is 5.32 Å². The van der Waals surface area contributed by atoms with Crippen LogP contribution in [-0.4, -0.2) is 34.1 Å². The van der Waals surface area contributed by atoms with E-state index in [0.717, 1.165) is 6.07 Å². The molecule has 1 atom stereocenters. The number of benzene rings is 1. The van der Waals surface area contributed by atoms with E-state index in [0.29, 0.717) is 4.47 Å². The Kier molecular flexibility index (Phi) is 4.99. The van der Waals surface area contributed by atoms with Gasteiger partial charge < -0.3 is 15.5 Å². The van der Waals surface area contributed by atoms with E-state index in [4.69, 9.17) is 10.2 Å². The second-order valence-electron chi connectivity index (χ2n) is 3.59. The average molecular weight is 334 g/mol. The summed E-state index contributed by atoms with van der Waals surface area (Å²) in [5.41, 5.74) is -0.369. The second-order valence-corrected chi connectivity index (χ2v) is 4.50. The number of nitrogens with one attached hydrogen (secondary N) is 1. The lowest BCUT2D eigenvalue weighted by atomic mass is 10.1. The molecule has 1 amide bonds. The van der Waals surface area contributed by atoms with Crippen LogP contribution in [0.25, 0.3) is 0 Å². The molecule has 1 aromatic rings. The van der Waals surface area contributed by atoms with E-state index in [1.54, 1.807) is 0 Å². The van der Waals surface area contributed by atoms with Crippen LogP contribution in [0.1, 0.15) is 16.8 Å². The summed E-state index contributed by atoms with van der Waals surface area (Å²) in [6, 6.07) is 1.96. The molecule has 0 aromatic heterocycles. The van der Waals surface area contributed by atoms with Gasteiger partial charge in [0.15, 0.2) is 0 Å². The Labute approximate surface area is 115 Å². The predicted octanol–water partition coefficient (Wildman–Crippen LogP) is 1.25. The Morgan fingerprint density at radius 1 is 1.32 bits per heavy atom. The van der Waals surface area contributed by atoms with Crippen molar-refractivity contribution in [3.63, 3.8) is 0 Å². The molecular formula is C11H9BrFNO5. The highest BCUT2D eigenvalue weighted by molar-refractivity contribution is 9.10. The minimum atomic E-state index is -1.62. The van der Waals surface area contributed by atoms with Gasteiger partial charge in [-0.2, -0.15) is 0 Å². The molecule has 1 aromatic carbocycles. The number of hydrogen-bond acceptors (Lipinski definition) is 3. The maximum absolute atomic E-state index is 13.4. The van der Waals surface area contributed by atoms with E-state index in [-0.39, 0.29) is 5.56 Å². The SMILES string of the molecule is O=C(O)C[C@@H](NC(=O)c1cc(Br)ccc1F)C(=O)O. The van der Waals surface area contributed by atoms with Crippen molar-refractivity contribution >= 4 is 33.8 Å². The third-order valence-electron chi connectivity index (χ3n) is 2.16. The number of rotatable bonds is 5. The van der Waals surface area contributed by atoms with Crippen LogP contribution >= 0.6 is 15.9 Å². The number of hydrogen-bond donors (Lipinski definition) is 3. The van der Waals surface area contributed by atoms with Gasteiger partial charge >= 0.3 is 11.9 Å². The topological polar surface area (TPSA) is 104 Å². The van der Waals surface area contributed by atoms with Crippen LogP contribution in [-0.2, 0) is 9.59 Å². The maximum atomic E-state index is 13.4. The lowest BCUT2D eigenvalue weighted by molar-refractivity contribution is -0.145. The van der Waals surface area contributed by atoms with Gasteiger partial charge in [0.25, 0.3) is 5.91 Å². The van der Waals surface area contributed by atoms with Crippen LogP contribution in [0.4, 0.5) is 4.39 Å². The summed E-state index contributed by atoms with van der Waals surface area (Å²) in [5.74, 6) is -4.72. The van der Waals surface area contributed by atoms with Gasteiger partial charge in [0.2, 0.25) is 0 Å². The third-order valence-corrected chi connectivity index (χ3v) is 2.65. The van der Waals surface area contributed by atoms with Crippen LogP contribution in [0.3, 0.4) is 0 Å². The largest absolute Gasteiger partial charge is 0.481 e. The zero-order chi connectivity index (χ0) is 14.6. The molecule has 0 aliphatic heterocycles. The van der Waals surface area contributed by atoms with Crippen LogP contribution in [0, 0.1) is 5.82 Å². The fourth-order valence-electron chi connectivity index (χ4n) is 1.28. The van der Waals surface area contributed by atoms with Crippen molar-refractivity contribution in [3.05, 3.63) is 34.1 Å². The summed E-state index contributed by atoms with van der Waals surface area (Å²) >= 11 is 3.04. The highest BCUT2D eigenvalue weighted by atomic mass is 79.9. The van der Waals surface area contributed by atoms with Gasteiger partial charge in [0.1, 0.15) is 11.9 Å². The van der Waals surface area contributed by atoms with Gasteiger partial charge in [-0.05, 0) is 18.2 Å². The number of carbonyl (C=O) groups is 3. The lowest BCUT2D eigenvalue weighted by Crippen LogP contribution is -2.42. The van der Waals surface area contributed by atoms with Crippen molar-refractivity contribution in [2.75, 3.05) is 0 Å². The molecule has 0 spiro atoms. The zero-order valence-electron chi connectivity index (χ0n) is 9.39. The number of amides is 1. The number of carboxylic acid groups (broad SMARTS) is 2. The zero-order valence-corrected chi connectivity index (χ0v) is 11.0. The van der Waals surface area contributed by atoms with Crippen LogP contribution in [0.2, 0.25) is 0 Å². The van der Waals surface area contributed by atoms with Crippen molar-refractivity contribution in [1.29, 1.82) is 0 Å². The van der Waals surface area contributed by atoms with E-state index in [1.807, 2.05) is 5.32 Å². The summed E-state index contributed by atoms with van der Waals surface area (Å²) in [4.78, 5) is 32.9. The second kappa shape index (κ2) is 6.28. The third kappa shape index (κ3) is 4.32. The number of carboxylic acids is 2. The normalized spacial score (nSPS) is 11.7. The maximum Gasteiger partial charge on any atom is 0.326 e. The summed E-state index contributed by atoms with van der Waals surface area (Å²) in [7, 11) is 0. The van der Waals surface area contributed by atoms with Crippen molar-refractivity contribution in [3.8, 4) is 0 Å². The van der Waals surface area contributed by atoms with Gasteiger partial charge in [-0.25, -0.2) is 9.18 Å². The highest BCUT2D eigenvalue weighted by Gasteiger charge is 2.24. The molecule has 0 unspecified atom stereocenters. The molecule has 0 radical (unpaired) electrons. The van der Waals surface area contributed by atoms with E-state index in [1.165, 1.54) is 12.1 Å². The smallest absolute Gasteiger partial charge is 0.326 e. The Morgan fingerprint density at radius 3 is 2.47 bits per heavy atom. The summed E-state index contributed by atoms with van der Waals surface area (Å²) < 4.78 is 13.8. The van der Waals surface area contributed by atoms with Crippen molar-refractivity contribution in [1.82, 2.24) is 5.32 Å². The van der Waals surface area contributed by atoms with Crippen molar-refractivity contribution < 1.29 is 29.0 Å². The molecule has 0 saturated heterocycles. The van der Waals surface area contributed by atoms with E-state index >= 15 is 0 Å². The first kappa shape index (κ1) is 15.1. The minimum absolute atomic E-state index is 0.369. The predicted molar refractivity (Wildman–Crippen MR) is 65.2 cm³/mol. The summed E-state index contributed by atoms with van der Waals surface area (Å²) in [6.45, 7) is 0. The quantitative estimate of drug-likeness (QED) is 0.752. The lowest BCUT2D eigenvalue weighted by Gasteiger charge is -2.12. The van der Waals surface area contributed by atoms with Crippen LogP contribution in [0.15, 0.2) is 22.7 Å². The van der Waals surface area contributed by atoms with E-state index < -0.39 is 36.1 Å². The highest BCUT2D eigenvalue weighted by Crippen LogP contribution is 2.15. The van der Waals surface area contributed by atoms with Gasteiger partial charge in [-0.1, -0.05) is 15.9 Å². The molecule has 0 heterocycles. The van der Waals surface area contributed by atoms with Gasteiger partial charge in [-0.15, -0.1) is 0 Å². The molecule has 102 valence electrons. The standard InChI is InChI=1S/C11H9BrFNO5/c12-5-1-2-7(13)6(3-5)10(17)14-8(11(18)19)4-9(15)16/h1-3,8H,4H2,(H,14,17)(H,15,16)(H,18,19)/t8-/m1/s1. The number of aliphatic carboxylic acids is 2. The number of carbonyl (C=O) groups excluding carboxylic acids is 1. The average Bonchev–Trinajstić information content (AvgIpc) is 2.30.